The predicted octanol–water partition coefficient (Wildman–Crippen LogP) is 5.42. The van der Waals surface area contributed by atoms with E-state index in [1.54, 1.807) is 36.4 Å². The lowest BCUT2D eigenvalue weighted by Crippen LogP contribution is -2.48. The third-order valence-electron chi connectivity index (χ3n) is 5.42. The fourth-order valence-corrected chi connectivity index (χ4v) is 5.50. The molecule has 0 N–H and O–H groups in total. The second-order valence-electron chi connectivity index (χ2n) is 7.40. The van der Waals surface area contributed by atoms with Gasteiger partial charge in [-0.3, -0.25) is 0 Å². The summed E-state index contributed by atoms with van der Waals surface area (Å²) in [6.07, 6.45) is 3.10. The number of hydrogen-bond donors (Lipinski definition) is 0. The van der Waals surface area contributed by atoms with E-state index in [0.717, 1.165) is 23.3 Å². The Hall–Kier alpha value is -2.11. The second kappa shape index (κ2) is 7.72. The summed E-state index contributed by atoms with van der Waals surface area (Å²) < 4.78 is 28.3. The molecule has 1 aliphatic rings. The summed E-state index contributed by atoms with van der Waals surface area (Å²) in [5.41, 5.74) is 1.88. The van der Waals surface area contributed by atoms with Crippen molar-refractivity contribution >= 4 is 27.3 Å². The Kier molecular flexibility index (Phi) is 5.69. The van der Waals surface area contributed by atoms with Crippen molar-refractivity contribution in [1.82, 2.24) is 4.41 Å². The van der Waals surface area contributed by atoms with E-state index in [2.05, 4.69) is 11.7 Å². The lowest BCUT2D eigenvalue weighted by atomic mass is 9.80. The average molecular weight is 417 g/mol. The zero-order valence-electron chi connectivity index (χ0n) is 16.4. The fourth-order valence-electron chi connectivity index (χ4n) is 3.74. The molecule has 0 aliphatic carbocycles. The van der Waals surface area contributed by atoms with E-state index in [9.17, 15) is 8.42 Å². The minimum absolute atomic E-state index is 0.0405. The number of sulfonamides is 1. The van der Waals surface area contributed by atoms with Gasteiger partial charge in [0.1, 0.15) is 0 Å². The standard InChI is InChI=1S/C22H25ClN2O2S/c1-5-18(6-2)22(4)15-21(17-9-11-19(23)12-10-17)24-25(22)28(26,27)20-13-7-16(3)8-14-20/h5,7-14,18H,1,6,15H2,2-4H3/t18-,22+/m0/s1. The van der Waals surface area contributed by atoms with Gasteiger partial charge in [-0.15, -0.1) is 6.58 Å². The van der Waals surface area contributed by atoms with Gasteiger partial charge in [0.05, 0.1) is 16.1 Å². The van der Waals surface area contributed by atoms with E-state index in [1.807, 2.05) is 39.0 Å². The van der Waals surface area contributed by atoms with Crippen molar-refractivity contribution in [3.63, 3.8) is 0 Å². The lowest BCUT2D eigenvalue weighted by molar-refractivity contribution is 0.179. The molecule has 0 amide bonds. The molecule has 1 aliphatic heterocycles. The molecule has 6 heteroatoms. The number of rotatable bonds is 6. The van der Waals surface area contributed by atoms with Crippen molar-refractivity contribution in [2.24, 2.45) is 11.0 Å². The molecule has 0 radical (unpaired) electrons. The molecule has 1 heterocycles. The van der Waals surface area contributed by atoms with Gasteiger partial charge in [-0.1, -0.05) is 54.4 Å². The summed E-state index contributed by atoms with van der Waals surface area (Å²) in [7, 11) is -3.81. The number of aryl methyl sites for hydroxylation is 1. The van der Waals surface area contributed by atoms with Crippen molar-refractivity contribution in [1.29, 1.82) is 0 Å². The van der Waals surface area contributed by atoms with E-state index in [0.29, 0.717) is 11.4 Å². The normalized spacial score (nSPS) is 20.7. The summed E-state index contributed by atoms with van der Waals surface area (Å²) in [4.78, 5) is 0.240. The summed E-state index contributed by atoms with van der Waals surface area (Å²) >= 11 is 6.00. The molecule has 0 fully saturated rings. The zero-order valence-corrected chi connectivity index (χ0v) is 18.0. The van der Waals surface area contributed by atoms with Crippen molar-refractivity contribution < 1.29 is 8.42 Å². The van der Waals surface area contributed by atoms with Crippen LogP contribution in [0.3, 0.4) is 0 Å². The number of halogens is 1. The number of benzene rings is 2. The summed E-state index contributed by atoms with van der Waals surface area (Å²) in [5.74, 6) is -0.0405. The average Bonchev–Trinajstić information content (AvgIpc) is 3.03. The van der Waals surface area contributed by atoms with Crippen LogP contribution in [-0.4, -0.2) is 24.1 Å². The quantitative estimate of drug-likeness (QED) is 0.590. The first-order valence-corrected chi connectivity index (χ1v) is 11.1. The largest absolute Gasteiger partial charge is 0.279 e. The Morgan fingerprint density at radius 1 is 1.21 bits per heavy atom. The smallest absolute Gasteiger partial charge is 0.200 e. The molecule has 0 unspecified atom stereocenters. The van der Waals surface area contributed by atoms with Gasteiger partial charge in [0.25, 0.3) is 10.0 Å². The van der Waals surface area contributed by atoms with Gasteiger partial charge < -0.3 is 0 Å². The third kappa shape index (κ3) is 3.61. The van der Waals surface area contributed by atoms with E-state index in [-0.39, 0.29) is 10.8 Å². The highest BCUT2D eigenvalue weighted by molar-refractivity contribution is 7.89. The topological polar surface area (TPSA) is 49.7 Å². The zero-order chi connectivity index (χ0) is 20.5. The van der Waals surface area contributed by atoms with Crippen LogP contribution in [0.2, 0.25) is 5.02 Å². The Balaban J connectivity index is 2.12. The SMILES string of the molecule is C=C[C@@H](CC)[C@@]1(C)CC(c2ccc(Cl)cc2)=NN1S(=O)(=O)c1ccc(C)cc1. The first-order chi connectivity index (χ1) is 13.2. The molecular weight excluding hydrogens is 392 g/mol. The van der Waals surface area contributed by atoms with Gasteiger partial charge in [-0.2, -0.15) is 17.9 Å². The summed E-state index contributed by atoms with van der Waals surface area (Å²) in [5, 5.41) is 5.23. The Morgan fingerprint density at radius 3 is 2.36 bits per heavy atom. The molecule has 2 atom stereocenters. The van der Waals surface area contributed by atoms with Gasteiger partial charge >= 0.3 is 0 Å². The minimum atomic E-state index is -3.81. The lowest BCUT2D eigenvalue weighted by Gasteiger charge is -2.38. The molecule has 148 valence electrons. The van der Waals surface area contributed by atoms with E-state index in [4.69, 9.17) is 11.6 Å². The van der Waals surface area contributed by atoms with Crippen LogP contribution in [0.15, 0.2) is 71.2 Å². The second-order valence-corrected chi connectivity index (χ2v) is 9.60. The van der Waals surface area contributed by atoms with Crippen molar-refractivity contribution in [2.45, 2.75) is 44.0 Å². The Morgan fingerprint density at radius 2 is 1.82 bits per heavy atom. The first-order valence-electron chi connectivity index (χ1n) is 9.30. The molecule has 28 heavy (non-hydrogen) atoms. The molecule has 0 saturated carbocycles. The van der Waals surface area contributed by atoms with Crippen LogP contribution < -0.4 is 0 Å². The van der Waals surface area contributed by atoms with Crippen LogP contribution >= 0.6 is 11.6 Å². The molecular formula is C22H25ClN2O2S. The van der Waals surface area contributed by atoms with E-state index < -0.39 is 15.6 Å². The molecule has 0 spiro atoms. The van der Waals surface area contributed by atoms with Crippen LogP contribution in [0.5, 0.6) is 0 Å². The number of hydrazone groups is 1. The van der Waals surface area contributed by atoms with Gasteiger partial charge in [-0.05, 0) is 50.1 Å². The van der Waals surface area contributed by atoms with Crippen LogP contribution in [0.4, 0.5) is 0 Å². The molecule has 3 rings (SSSR count). The van der Waals surface area contributed by atoms with Crippen LogP contribution in [0.25, 0.3) is 0 Å². The fraction of sp³-hybridized carbons (Fsp3) is 0.318. The molecule has 0 bridgehead atoms. The third-order valence-corrected chi connectivity index (χ3v) is 7.49. The molecule has 2 aromatic carbocycles. The van der Waals surface area contributed by atoms with E-state index in [1.165, 1.54) is 4.41 Å². The van der Waals surface area contributed by atoms with Gasteiger partial charge in [0.2, 0.25) is 0 Å². The molecule has 0 saturated heterocycles. The minimum Gasteiger partial charge on any atom is -0.200 e. The summed E-state index contributed by atoms with van der Waals surface area (Å²) in [6.45, 7) is 9.85. The molecule has 4 nitrogen and oxygen atoms in total. The maximum Gasteiger partial charge on any atom is 0.279 e. The van der Waals surface area contributed by atoms with Crippen LogP contribution in [-0.2, 0) is 10.0 Å². The van der Waals surface area contributed by atoms with Crippen LogP contribution in [0.1, 0.15) is 37.8 Å². The predicted molar refractivity (Wildman–Crippen MR) is 115 cm³/mol. The molecule has 2 aromatic rings. The van der Waals surface area contributed by atoms with Crippen molar-refractivity contribution in [2.75, 3.05) is 0 Å². The van der Waals surface area contributed by atoms with Crippen molar-refractivity contribution in [3.8, 4) is 0 Å². The monoisotopic (exact) mass is 416 g/mol. The van der Waals surface area contributed by atoms with Gasteiger partial charge in [-0.25, -0.2) is 0 Å². The maximum absolute atomic E-state index is 13.5. The highest BCUT2D eigenvalue weighted by Crippen LogP contribution is 2.41. The number of nitrogens with zero attached hydrogens (tertiary/aromatic N) is 2. The highest BCUT2D eigenvalue weighted by atomic mass is 35.5. The maximum atomic E-state index is 13.5. The van der Waals surface area contributed by atoms with Gasteiger partial charge in [0.15, 0.2) is 0 Å². The van der Waals surface area contributed by atoms with Gasteiger partial charge in [0, 0.05) is 17.4 Å². The van der Waals surface area contributed by atoms with Crippen molar-refractivity contribution in [3.05, 3.63) is 77.3 Å². The van der Waals surface area contributed by atoms with Crippen LogP contribution in [0, 0.1) is 12.8 Å². The molecule has 0 aromatic heterocycles. The Labute approximate surface area is 172 Å². The summed E-state index contributed by atoms with van der Waals surface area (Å²) in [6, 6.07) is 14.2. The Bertz CT molecular complexity index is 998. The number of hydrogen-bond acceptors (Lipinski definition) is 3. The van der Waals surface area contributed by atoms with E-state index >= 15 is 0 Å². The highest BCUT2D eigenvalue weighted by Gasteiger charge is 2.49. The first kappa shape index (κ1) is 20.6.